The summed E-state index contributed by atoms with van der Waals surface area (Å²) in [6.07, 6.45) is 56.8. The number of carbonyl (C=O) groups is 3. The number of esters is 3. The van der Waals surface area contributed by atoms with Gasteiger partial charge in [-0.25, -0.2) is 0 Å². The Bertz CT molecular complexity index is 964. The summed E-state index contributed by atoms with van der Waals surface area (Å²) < 4.78 is 16.9. The lowest BCUT2D eigenvalue weighted by Gasteiger charge is -2.18. The van der Waals surface area contributed by atoms with E-state index in [2.05, 4.69) is 27.7 Å². The summed E-state index contributed by atoms with van der Waals surface area (Å²) in [5.41, 5.74) is 0. The van der Waals surface area contributed by atoms with Gasteiger partial charge in [0.05, 0.1) is 0 Å². The summed E-state index contributed by atoms with van der Waals surface area (Å²) in [5.74, 6) is -0.0587. The third-order valence-electron chi connectivity index (χ3n) is 13.3. The van der Waals surface area contributed by atoms with Crippen LogP contribution in [0, 0.1) is 5.92 Å². The fraction of sp³-hybridized carbons (Fsp3) is 0.948. The van der Waals surface area contributed by atoms with Crippen molar-refractivity contribution in [3.8, 4) is 0 Å². The monoisotopic (exact) mass is 905 g/mol. The minimum Gasteiger partial charge on any atom is -0.462 e. The van der Waals surface area contributed by atoms with Crippen molar-refractivity contribution in [3.63, 3.8) is 0 Å². The van der Waals surface area contributed by atoms with Crippen molar-refractivity contribution in [2.75, 3.05) is 13.2 Å². The first kappa shape index (κ1) is 62.4. The fourth-order valence-electron chi connectivity index (χ4n) is 8.92. The molecule has 6 heteroatoms. The summed E-state index contributed by atoms with van der Waals surface area (Å²) in [6.45, 7) is 9.01. The first-order chi connectivity index (χ1) is 31.4. The SMILES string of the molecule is CCCCCCCCCCCCCCCCCCCCC(=O)OC[C@@H](COC(=O)CCCCCCCCCC(C)C)OC(=O)CCCCCCCCCCCCCCCCCCCC. The Labute approximate surface area is 399 Å². The number of rotatable bonds is 53. The van der Waals surface area contributed by atoms with Crippen LogP contribution in [0.4, 0.5) is 0 Å². The summed E-state index contributed by atoms with van der Waals surface area (Å²) in [6, 6.07) is 0. The Balaban J connectivity index is 4.23. The summed E-state index contributed by atoms with van der Waals surface area (Å²) in [4.78, 5) is 38.1. The highest BCUT2D eigenvalue weighted by Crippen LogP contribution is 2.18. The Morgan fingerprint density at radius 1 is 0.297 bits per heavy atom. The van der Waals surface area contributed by atoms with E-state index in [1.54, 1.807) is 0 Å². The molecule has 0 aromatic heterocycles. The second-order valence-corrected chi connectivity index (χ2v) is 20.4. The molecule has 0 saturated carbocycles. The second-order valence-electron chi connectivity index (χ2n) is 20.4. The van der Waals surface area contributed by atoms with Gasteiger partial charge in [-0.05, 0) is 25.2 Å². The van der Waals surface area contributed by atoms with E-state index < -0.39 is 6.10 Å². The van der Waals surface area contributed by atoms with Crippen molar-refractivity contribution in [2.45, 2.75) is 336 Å². The molecule has 380 valence electrons. The number of carbonyl (C=O) groups excluding carboxylic acids is 3. The lowest BCUT2D eigenvalue weighted by molar-refractivity contribution is -0.167. The Morgan fingerprint density at radius 2 is 0.516 bits per heavy atom. The Morgan fingerprint density at radius 3 is 0.766 bits per heavy atom. The Kier molecular flexibility index (Phi) is 51.1. The second kappa shape index (κ2) is 52.4. The lowest BCUT2D eigenvalue weighted by Crippen LogP contribution is -2.30. The number of hydrogen-bond donors (Lipinski definition) is 0. The molecule has 0 unspecified atom stereocenters. The van der Waals surface area contributed by atoms with Crippen molar-refractivity contribution in [1.82, 2.24) is 0 Å². The van der Waals surface area contributed by atoms with Crippen LogP contribution in [-0.2, 0) is 28.6 Å². The molecule has 0 spiro atoms. The van der Waals surface area contributed by atoms with Crippen LogP contribution in [0.3, 0.4) is 0 Å². The van der Waals surface area contributed by atoms with Crippen LogP contribution >= 0.6 is 0 Å². The molecule has 1 atom stereocenters. The van der Waals surface area contributed by atoms with E-state index in [1.165, 1.54) is 225 Å². The van der Waals surface area contributed by atoms with Gasteiger partial charge in [0.25, 0.3) is 0 Å². The smallest absolute Gasteiger partial charge is 0.306 e. The van der Waals surface area contributed by atoms with Crippen LogP contribution in [0.5, 0.6) is 0 Å². The third-order valence-corrected chi connectivity index (χ3v) is 13.3. The van der Waals surface area contributed by atoms with Crippen molar-refractivity contribution < 1.29 is 28.6 Å². The van der Waals surface area contributed by atoms with Crippen LogP contribution in [0.25, 0.3) is 0 Å². The third kappa shape index (κ3) is 51.4. The molecular formula is C58H112O6. The van der Waals surface area contributed by atoms with Gasteiger partial charge in [-0.1, -0.05) is 291 Å². The highest BCUT2D eigenvalue weighted by Gasteiger charge is 2.19. The van der Waals surface area contributed by atoms with Gasteiger partial charge in [0.1, 0.15) is 13.2 Å². The van der Waals surface area contributed by atoms with Crippen molar-refractivity contribution >= 4 is 17.9 Å². The van der Waals surface area contributed by atoms with Gasteiger partial charge in [-0.15, -0.1) is 0 Å². The van der Waals surface area contributed by atoms with E-state index in [9.17, 15) is 14.4 Å². The summed E-state index contributed by atoms with van der Waals surface area (Å²) >= 11 is 0. The van der Waals surface area contributed by atoms with Crippen molar-refractivity contribution in [1.29, 1.82) is 0 Å². The Hall–Kier alpha value is -1.59. The zero-order chi connectivity index (χ0) is 46.7. The van der Waals surface area contributed by atoms with E-state index >= 15 is 0 Å². The maximum Gasteiger partial charge on any atom is 0.306 e. The van der Waals surface area contributed by atoms with E-state index in [0.717, 1.165) is 63.7 Å². The highest BCUT2D eigenvalue weighted by atomic mass is 16.6. The summed E-state index contributed by atoms with van der Waals surface area (Å²) in [5, 5.41) is 0. The van der Waals surface area contributed by atoms with E-state index in [4.69, 9.17) is 14.2 Å². The topological polar surface area (TPSA) is 78.9 Å². The first-order valence-electron chi connectivity index (χ1n) is 28.9. The lowest BCUT2D eigenvalue weighted by atomic mass is 10.0. The molecule has 0 aromatic rings. The highest BCUT2D eigenvalue weighted by molar-refractivity contribution is 5.71. The van der Waals surface area contributed by atoms with E-state index in [1.807, 2.05) is 0 Å². The van der Waals surface area contributed by atoms with Gasteiger partial charge in [0, 0.05) is 19.3 Å². The average molecular weight is 906 g/mol. The molecule has 0 rings (SSSR count). The minimum absolute atomic E-state index is 0.0627. The van der Waals surface area contributed by atoms with E-state index in [-0.39, 0.29) is 31.1 Å². The zero-order valence-electron chi connectivity index (χ0n) is 43.8. The van der Waals surface area contributed by atoms with Gasteiger partial charge in [0.15, 0.2) is 6.10 Å². The quantitative estimate of drug-likeness (QED) is 0.0344. The normalized spacial score (nSPS) is 12.0. The van der Waals surface area contributed by atoms with Crippen LogP contribution in [0.2, 0.25) is 0 Å². The molecule has 6 nitrogen and oxygen atoms in total. The molecule has 0 radical (unpaired) electrons. The minimum atomic E-state index is -0.762. The largest absolute Gasteiger partial charge is 0.462 e. The molecule has 0 N–H and O–H groups in total. The van der Waals surface area contributed by atoms with Gasteiger partial charge in [-0.2, -0.15) is 0 Å². The molecule has 0 aliphatic heterocycles. The number of ether oxygens (including phenoxy) is 3. The standard InChI is InChI=1S/C58H112O6/c1-5-7-9-11-13-15-17-19-21-23-25-27-29-31-33-37-41-45-49-56(59)62-52-55(53-63-57(60)50-46-42-39-35-36-40-44-48-54(3)4)64-58(61)51-47-43-38-34-32-30-28-26-24-22-20-18-16-14-12-10-8-6-2/h54-55H,5-53H2,1-4H3/t55-/m0/s1. The van der Waals surface area contributed by atoms with Gasteiger partial charge < -0.3 is 14.2 Å². The molecule has 0 bridgehead atoms. The molecule has 0 fully saturated rings. The van der Waals surface area contributed by atoms with Crippen molar-refractivity contribution in [3.05, 3.63) is 0 Å². The fourth-order valence-corrected chi connectivity index (χ4v) is 8.92. The predicted molar refractivity (Wildman–Crippen MR) is 275 cm³/mol. The number of hydrogen-bond acceptors (Lipinski definition) is 6. The first-order valence-corrected chi connectivity index (χ1v) is 28.9. The van der Waals surface area contributed by atoms with Gasteiger partial charge in [0.2, 0.25) is 0 Å². The van der Waals surface area contributed by atoms with Crippen LogP contribution in [0.1, 0.15) is 329 Å². The molecule has 0 aliphatic carbocycles. The predicted octanol–water partition coefficient (Wildman–Crippen LogP) is 19.0. The number of unbranched alkanes of at least 4 members (excludes halogenated alkanes) is 40. The molecule has 0 amide bonds. The molecule has 0 aliphatic rings. The molecule has 0 aromatic carbocycles. The molecular weight excluding hydrogens is 793 g/mol. The zero-order valence-corrected chi connectivity index (χ0v) is 43.8. The van der Waals surface area contributed by atoms with Gasteiger partial charge in [-0.3, -0.25) is 14.4 Å². The van der Waals surface area contributed by atoms with Gasteiger partial charge >= 0.3 is 17.9 Å². The van der Waals surface area contributed by atoms with Crippen molar-refractivity contribution in [2.24, 2.45) is 5.92 Å². The molecule has 0 heterocycles. The van der Waals surface area contributed by atoms with Crippen LogP contribution in [0.15, 0.2) is 0 Å². The maximum atomic E-state index is 12.8. The summed E-state index contributed by atoms with van der Waals surface area (Å²) in [7, 11) is 0. The molecule has 0 saturated heterocycles. The van der Waals surface area contributed by atoms with E-state index in [0.29, 0.717) is 19.3 Å². The molecule has 64 heavy (non-hydrogen) atoms. The van der Waals surface area contributed by atoms with Crippen LogP contribution in [-0.4, -0.2) is 37.2 Å². The average Bonchev–Trinajstić information content (AvgIpc) is 3.28. The maximum absolute atomic E-state index is 12.8. The van der Waals surface area contributed by atoms with Crippen LogP contribution < -0.4 is 0 Å².